The molecule has 1 atom stereocenters. The van der Waals surface area contributed by atoms with E-state index < -0.39 is 0 Å². The van der Waals surface area contributed by atoms with Crippen LogP contribution in [0.2, 0.25) is 0 Å². The van der Waals surface area contributed by atoms with E-state index in [0.717, 1.165) is 0 Å². The third-order valence-electron chi connectivity index (χ3n) is 8.39. The molecule has 194 valence electrons. The zero-order chi connectivity index (χ0) is 27.0. The van der Waals surface area contributed by atoms with Crippen molar-refractivity contribution in [3.05, 3.63) is 156 Å². The van der Waals surface area contributed by atoms with Crippen LogP contribution in [0.1, 0.15) is 38.8 Å². The van der Waals surface area contributed by atoms with Crippen LogP contribution < -0.4 is 9.80 Å². The van der Waals surface area contributed by atoms with Crippen LogP contribution in [0.25, 0.3) is 0 Å². The van der Waals surface area contributed by atoms with Crippen LogP contribution in [0.3, 0.4) is 0 Å². The first-order valence-electron chi connectivity index (χ1n) is 13.8. The number of benzene rings is 4. The second kappa shape index (κ2) is 9.78. The van der Waals surface area contributed by atoms with Crippen molar-refractivity contribution < 1.29 is 0 Å². The highest BCUT2D eigenvalue weighted by Crippen LogP contribution is 2.51. The molecule has 2 aliphatic heterocycles. The lowest BCUT2D eigenvalue weighted by atomic mass is 9.80. The molecule has 1 unspecified atom stereocenters. The number of anilines is 4. The molecule has 0 fully saturated rings. The van der Waals surface area contributed by atoms with E-state index in [4.69, 9.17) is 0 Å². The molecule has 0 aromatic heterocycles. The van der Waals surface area contributed by atoms with E-state index in [9.17, 15) is 0 Å². The molecular formula is C37H36N2. The van der Waals surface area contributed by atoms with Crippen molar-refractivity contribution in [3.8, 4) is 0 Å². The minimum Gasteiger partial charge on any atom is -0.333 e. The summed E-state index contributed by atoms with van der Waals surface area (Å²) in [5, 5.41) is 0. The molecule has 0 spiro atoms. The van der Waals surface area contributed by atoms with E-state index in [-0.39, 0.29) is 16.9 Å². The van der Waals surface area contributed by atoms with Gasteiger partial charge in [0.05, 0.1) is 6.04 Å². The molecule has 6 rings (SSSR count). The average molecular weight is 509 g/mol. The fourth-order valence-electron chi connectivity index (χ4n) is 6.34. The predicted molar refractivity (Wildman–Crippen MR) is 166 cm³/mol. The molecule has 0 bridgehead atoms. The third-order valence-corrected chi connectivity index (χ3v) is 8.39. The summed E-state index contributed by atoms with van der Waals surface area (Å²) in [6.07, 6.45) is 11.2. The van der Waals surface area contributed by atoms with Gasteiger partial charge in [0.25, 0.3) is 0 Å². The molecule has 0 saturated carbocycles. The lowest BCUT2D eigenvalue weighted by Crippen LogP contribution is -2.37. The molecule has 2 heterocycles. The largest absolute Gasteiger partial charge is 0.333 e. The van der Waals surface area contributed by atoms with Gasteiger partial charge in [-0.3, -0.25) is 0 Å². The van der Waals surface area contributed by atoms with Gasteiger partial charge in [0.1, 0.15) is 0 Å². The Bertz CT molecular complexity index is 1560. The predicted octanol–water partition coefficient (Wildman–Crippen LogP) is 9.61. The van der Waals surface area contributed by atoms with Crippen LogP contribution in [0.4, 0.5) is 22.7 Å². The van der Waals surface area contributed by atoms with Crippen molar-refractivity contribution in [3.63, 3.8) is 0 Å². The van der Waals surface area contributed by atoms with Gasteiger partial charge in [-0.05, 0) is 53.6 Å². The maximum Gasteiger partial charge on any atom is 0.0617 e. The van der Waals surface area contributed by atoms with Crippen molar-refractivity contribution in [1.29, 1.82) is 0 Å². The van der Waals surface area contributed by atoms with Crippen LogP contribution >= 0.6 is 0 Å². The number of hydrogen-bond donors (Lipinski definition) is 0. The lowest BCUT2D eigenvalue weighted by Gasteiger charge is -2.32. The second-order valence-electron chi connectivity index (χ2n) is 11.5. The minimum absolute atomic E-state index is 0.0194. The Morgan fingerprint density at radius 3 is 1.82 bits per heavy atom. The van der Waals surface area contributed by atoms with Gasteiger partial charge >= 0.3 is 0 Å². The SMILES string of the molecule is CC1(C)\C(=C/C=C/C=C/C2N(c3ccccc3)c3ccccc3C2(C)C)N(c2ccccc2)c2ccccc21. The van der Waals surface area contributed by atoms with Crippen molar-refractivity contribution in [1.82, 2.24) is 0 Å². The number of fused-ring (bicyclic) bond motifs is 2. The molecular weight excluding hydrogens is 472 g/mol. The summed E-state index contributed by atoms with van der Waals surface area (Å²) in [6, 6.07) is 39.2. The third kappa shape index (κ3) is 4.21. The van der Waals surface area contributed by atoms with Gasteiger partial charge in [-0.2, -0.15) is 0 Å². The zero-order valence-corrected chi connectivity index (χ0v) is 23.3. The summed E-state index contributed by atoms with van der Waals surface area (Å²) in [7, 11) is 0. The minimum atomic E-state index is -0.0975. The van der Waals surface area contributed by atoms with E-state index >= 15 is 0 Å². The number of para-hydroxylation sites is 4. The molecule has 4 aromatic rings. The van der Waals surface area contributed by atoms with E-state index in [1.165, 1.54) is 39.6 Å². The maximum atomic E-state index is 2.48. The molecule has 39 heavy (non-hydrogen) atoms. The molecule has 0 aliphatic carbocycles. The summed E-state index contributed by atoms with van der Waals surface area (Å²) in [5.41, 5.74) is 8.86. The molecule has 0 radical (unpaired) electrons. The highest BCUT2D eigenvalue weighted by atomic mass is 15.2. The standard InChI is InChI=1S/C37H36N2/c1-36(2)30-22-14-16-24-32(30)38(28-18-8-5-9-19-28)34(36)26-12-7-13-27-35-37(3,4)31-23-15-17-25-33(31)39(35)29-20-10-6-11-21-29/h5-27,34H,1-4H3/b13-7+,26-12+,35-27+. The van der Waals surface area contributed by atoms with Gasteiger partial charge in [0.15, 0.2) is 0 Å². The first-order chi connectivity index (χ1) is 18.9. The van der Waals surface area contributed by atoms with E-state index in [1.807, 2.05) is 0 Å². The number of rotatable bonds is 5. The van der Waals surface area contributed by atoms with Crippen LogP contribution in [0, 0.1) is 0 Å². The Hall–Kier alpha value is -4.30. The topological polar surface area (TPSA) is 6.48 Å². The van der Waals surface area contributed by atoms with Crippen LogP contribution in [0.15, 0.2) is 145 Å². The Labute approximate surface area is 233 Å². The first kappa shape index (κ1) is 25.0. The number of nitrogens with zero attached hydrogens (tertiary/aromatic N) is 2. The average Bonchev–Trinajstić information content (AvgIpc) is 3.33. The lowest BCUT2D eigenvalue weighted by molar-refractivity contribution is 0.495. The van der Waals surface area contributed by atoms with E-state index in [0.29, 0.717) is 0 Å². The van der Waals surface area contributed by atoms with Gasteiger partial charge in [0.2, 0.25) is 0 Å². The molecule has 2 aliphatic rings. The summed E-state index contributed by atoms with van der Waals surface area (Å²) in [4.78, 5) is 4.88. The Balaban J connectivity index is 1.33. The summed E-state index contributed by atoms with van der Waals surface area (Å²) in [5.74, 6) is 0. The summed E-state index contributed by atoms with van der Waals surface area (Å²) >= 11 is 0. The van der Waals surface area contributed by atoms with Gasteiger partial charge in [-0.15, -0.1) is 0 Å². The zero-order valence-electron chi connectivity index (χ0n) is 23.3. The smallest absolute Gasteiger partial charge is 0.0617 e. The molecule has 2 heteroatoms. The normalized spacial score (nSPS) is 20.2. The Morgan fingerprint density at radius 2 is 1.13 bits per heavy atom. The maximum absolute atomic E-state index is 2.48. The first-order valence-corrected chi connectivity index (χ1v) is 13.8. The fraction of sp³-hybridized carbons (Fsp3) is 0.189. The van der Waals surface area contributed by atoms with Crippen molar-refractivity contribution in [2.45, 2.75) is 44.6 Å². The molecule has 0 amide bonds. The quantitative estimate of drug-likeness (QED) is 0.248. The van der Waals surface area contributed by atoms with E-state index in [1.54, 1.807) is 0 Å². The summed E-state index contributed by atoms with van der Waals surface area (Å²) in [6.45, 7) is 9.34. The number of hydrogen-bond acceptors (Lipinski definition) is 2. The van der Waals surface area contributed by atoms with Gasteiger partial charge in [-0.1, -0.05) is 125 Å². The number of allylic oxidation sites excluding steroid dienone is 5. The molecule has 0 N–H and O–H groups in total. The van der Waals surface area contributed by atoms with Crippen LogP contribution in [-0.2, 0) is 10.8 Å². The van der Waals surface area contributed by atoms with Gasteiger partial charge in [0, 0.05) is 39.3 Å². The van der Waals surface area contributed by atoms with Crippen LogP contribution in [0.5, 0.6) is 0 Å². The second-order valence-corrected chi connectivity index (χ2v) is 11.5. The van der Waals surface area contributed by atoms with Crippen molar-refractivity contribution in [2.24, 2.45) is 0 Å². The Kier molecular flexibility index (Phi) is 6.27. The summed E-state index contributed by atoms with van der Waals surface area (Å²) < 4.78 is 0. The van der Waals surface area contributed by atoms with E-state index in [2.05, 4.69) is 177 Å². The van der Waals surface area contributed by atoms with Gasteiger partial charge < -0.3 is 9.80 Å². The molecule has 0 saturated heterocycles. The monoisotopic (exact) mass is 508 g/mol. The Morgan fingerprint density at radius 1 is 0.564 bits per heavy atom. The molecule has 2 nitrogen and oxygen atoms in total. The fourth-order valence-corrected chi connectivity index (χ4v) is 6.34. The molecule has 4 aromatic carbocycles. The van der Waals surface area contributed by atoms with Crippen molar-refractivity contribution in [2.75, 3.05) is 9.80 Å². The highest BCUT2D eigenvalue weighted by molar-refractivity contribution is 5.80. The highest BCUT2D eigenvalue weighted by Gasteiger charge is 2.43. The van der Waals surface area contributed by atoms with Crippen molar-refractivity contribution >= 4 is 22.7 Å². The van der Waals surface area contributed by atoms with Crippen LogP contribution in [-0.4, -0.2) is 6.04 Å². The van der Waals surface area contributed by atoms with Gasteiger partial charge in [-0.25, -0.2) is 0 Å².